The van der Waals surface area contributed by atoms with Gasteiger partial charge in [-0.05, 0) is 25.2 Å². The highest BCUT2D eigenvalue weighted by Gasteiger charge is 2.58. The monoisotopic (exact) mass is 322 g/mol. The third-order valence-electron chi connectivity index (χ3n) is 4.41. The van der Waals surface area contributed by atoms with E-state index in [1.165, 1.54) is 0 Å². The number of carbonyl (C=O) groups excluding carboxylic acids is 1. The molecule has 4 aliphatic carbocycles. The summed E-state index contributed by atoms with van der Waals surface area (Å²) >= 11 is 3.57. The lowest BCUT2D eigenvalue weighted by Crippen LogP contribution is -2.60. The fraction of sp³-hybridized carbons (Fsp3) is 0.909. The smallest absolute Gasteiger partial charge is 0.264 e. The minimum Gasteiger partial charge on any atom is -0.299 e. The summed E-state index contributed by atoms with van der Waals surface area (Å²) in [5.41, 5.74) is 0. The number of Topliss-reactive ketones (excluding diaryl/α,β-unsaturated/α-hetero) is 1. The van der Waals surface area contributed by atoms with Crippen LogP contribution in [0.2, 0.25) is 0 Å². The molecule has 0 aliphatic heterocycles. The van der Waals surface area contributed by atoms with Crippen molar-refractivity contribution in [1.29, 1.82) is 0 Å². The van der Waals surface area contributed by atoms with Crippen LogP contribution in [0.3, 0.4) is 0 Å². The van der Waals surface area contributed by atoms with Gasteiger partial charge in [0.1, 0.15) is 5.78 Å². The van der Waals surface area contributed by atoms with Crippen LogP contribution in [0, 0.1) is 23.7 Å². The lowest BCUT2D eigenvalue weighted by atomic mass is 9.54. The summed E-state index contributed by atoms with van der Waals surface area (Å²) in [6.07, 6.45) is 3.39. The average molecular weight is 323 g/mol. The summed E-state index contributed by atoms with van der Waals surface area (Å²) in [6, 6.07) is 0. The highest BCUT2D eigenvalue weighted by atomic mass is 79.9. The second-order valence-electron chi connectivity index (χ2n) is 5.56. The first-order chi connectivity index (χ1) is 7.87. The second kappa shape index (κ2) is 3.78. The van der Waals surface area contributed by atoms with E-state index in [0.717, 1.165) is 25.5 Å². The number of carbonyl (C=O) groups is 1. The van der Waals surface area contributed by atoms with Gasteiger partial charge in [0.05, 0.1) is 12.4 Å². The van der Waals surface area contributed by atoms with E-state index in [2.05, 4.69) is 15.9 Å². The molecule has 0 saturated heterocycles. The lowest BCUT2D eigenvalue weighted by Gasteiger charge is -2.54. The van der Waals surface area contributed by atoms with Gasteiger partial charge in [0, 0.05) is 22.6 Å². The zero-order chi connectivity index (χ0) is 12.4. The molecule has 6 atom stereocenters. The Labute approximate surface area is 109 Å². The Morgan fingerprint density at radius 2 is 1.88 bits per heavy atom. The molecule has 0 spiro atoms. The van der Waals surface area contributed by atoms with E-state index < -0.39 is 16.2 Å². The molecule has 4 aliphatic rings. The van der Waals surface area contributed by atoms with E-state index in [1.54, 1.807) is 0 Å². The maximum atomic E-state index is 12.2. The number of alkyl halides is 1. The summed E-state index contributed by atoms with van der Waals surface area (Å²) < 4.78 is 27.8. The Morgan fingerprint density at radius 3 is 2.53 bits per heavy atom. The summed E-state index contributed by atoms with van der Waals surface area (Å²) in [5, 5.41) is 0. The minimum atomic E-state index is -3.49. The van der Waals surface area contributed by atoms with Crippen molar-refractivity contribution in [3.8, 4) is 0 Å². The zero-order valence-electron chi connectivity index (χ0n) is 9.50. The Kier molecular flexibility index (Phi) is 2.69. The maximum absolute atomic E-state index is 12.2. The molecule has 0 radical (unpaired) electrons. The average Bonchev–Trinajstić information content (AvgIpc) is 2.21. The molecule has 0 aromatic rings. The molecule has 0 aromatic carbocycles. The van der Waals surface area contributed by atoms with Crippen LogP contribution in [0.1, 0.15) is 19.3 Å². The van der Waals surface area contributed by atoms with Crippen LogP contribution in [-0.2, 0) is 19.1 Å². The summed E-state index contributed by atoms with van der Waals surface area (Å²) in [5.74, 6) is 0.844. The van der Waals surface area contributed by atoms with Gasteiger partial charge in [-0.2, -0.15) is 8.42 Å². The van der Waals surface area contributed by atoms with Crippen molar-refractivity contribution in [2.75, 3.05) is 6.26 Å². The van der Waals surface area contributed by atoms with Crippen molar-refractivity contribution < 1.29 is 17.4 Å². The SMILES string of the molecule is CS(=O)(=O)OC1C2CC3CC(C2=O)C(Br)C1C3. The summed E-state index contributed by atoms with van der Waals surface area (Å²) in [4.78, 5) is 12.3. The van der Waals surface area contributed by atoms with Crippen LogP contribution in [0.15, 0.2) is 0 Å². The number of rotatable bonds is 2. The maximum Gasteiger partial charge on any atom is 0.264 e. The van der Waals surface area contributed by atoms with E-state index in [4.69, 9.17) is 4.18 Å². The molecule has 0 heterocycles. The molecule has 0 N–H and O–H groups in total. The number of hydrogen-bond acceptors (Lipinski definition) is 4. The van der Waals surface area contributed by atoms with Crippen LogP contribution in [0.4, 0.5) is 0 Å². The molecule has 6 heteroatoms. The molecule has 4 saturated carbocycles. The molecule has 96 valence electrons. The molecule has 4 rings (SSSR count). The van der Waals surface area contributed by atoms with Crippen LogP contribution in [-0.4, -0.2) is 31.4 Å². The first kappa shape index (κ1) is 12.1. The molecule has 6 unspecified atom stereocenters. The molecule has 4 fully saturated rings. The van der Waals surface area contributed by atoms with Crippen LogP contribution < -0.4 is 0 Å². The van der Waals surface area contributed by atoms with E-state index in [9.17, 15) is 13.2 Å². The van der Waals surface area contributed by atoms with E-state index in [0.29, 0.717) is 5.92 Å². The van der Waals surface area contributed by atoms with Crippen molar-refractivity contribution in [1.82, 2.24) is 0 Å². The molecule has 17 heavy (non-hydrogen) atoms. The van der Waals surface area contributed by atoms with Gasteiger partial charge in [-0.1, -0.05) is 15.9 Å². The van der Waals surface area contributed by atoms with Gasteiger partial charge in [0.15, 0.2) is 0 Å². The van der Waals surface area contributed by atoms with Gasteiger partial charge in [-0.3, -0.25) is 8.98 Å². The highest BCUT2D eigenvalue weighted by Crippen LogP contribution is 2.55. The quantitative estimate of drug-likeness (QED) is 0.568. The van der Waals surface area contributed by atoms with Crippen molar-refractivity contribution in [2.45, 2.75) is 30.2 Å². The third-order valence-corrected chi connectivity index (χ3v) is 6.30. The molecular weight excluding hydrogens is 308 g/mol. The molecular formula is C11H15BrO4S. The van der Waals surface area contributed by atoms with E-state index >= 15 is 0 Å². The van der Waals surface area contributed by atoms with Crippen molar-refractivity contribution in [3.05, 3.63) is 0 Å². The lowest BCUT2D eigenvalue weighted by molar-refractivity contribution is -0.149. The topological polar surface area (TPSA) is 60.4 Å². The van der Waals surface area contributed by atoms with Crippen LogP contribution >= 0.6 is 15.9 Å². The van der Waals surface area contributed by atoms with E-state index in [1.807, 2.05) is 0 Å². The van der Waals surface area contributed by atoms with Gasteiger partial charge in [-0.15, -0.1) is 0 Å². The van der Waals surface area contributed by atoms with Gasteiger partial charge in [0.2, 0.25) is 0 Å². The molecule has 0 amide bonds. The Balaban J connectivity index is 1.93. The normalized spacial score (nSPS) is 48.7. The number of hydrogen-bond donors (Lipinski definition) is 0. The van der Waals surface area contributed by atoms with Crippen molar-refractivity contribution >= 4 is 31.8 Å². The third kappa shape index (κ3) is 1.88. The molecule has 4 bridgehead atoms. The van der Waals surface area contributed by atoms with Gasteiger partial charge in [0.25, 0.3) is 10.1 Å². The Morgan fingerprint density at radius 1 is 1.24 bits per heavy atom. The predicted octanol–water partition coefficient (Wildman–Crippen LogP) is 1.34. The fourth-order valence-corrected chi connectivity index (χ4v) is 5.54. The fourth-order valence-electron chi connectivity index (χ4n) is 3.86. The predicted molar refractivity (Wildman–Crippen MR) is 65.2 cm³/mol. The summed E-state index contributed by atoms with van der Waals surface area (Å²) in [7, 11) is -3.49. The minimum absolute atomic E-state index is 0.0805. The number of ketones is 1. The first-order valence-electron chi connectivity index (χ1n) is 5.93. The standard InChI is InChI=1S/C11H15BrO4S/c1-17(14,15)16-11-7-3-5-2-6(9(7)12)10(13)8(11)4-5/h5-9,11H,2-4H2,1H3. The van der Waals surface area contributed by atoms with Crippen LogP contribution in [0.25, 0.3) is 0 Å². The second-order valence-corrected chi connectivity index (χ2v) is 8.22. The Hall–Kier alpha value is 0.0600. The Bertz CT molecular complexity index is 460. The highest BCUT2D eigenvalue weighted by molar-refractivity contribution is 9.09. The van der Waals surface area contributed by atoms with Crippen LogP contribution in [0.5, 0.6) is 0 Å². The van der Waals surface area contributed by atoms with Crippen molar-refractivity contribution in [3.63, 3.8) is 0 Å². The zero-order valence-corrected chi connectivity index (χ0v) is 11.9. The molecule has 0 aromatic heterocycles. The van der Waals surface area contributed by atoms with Gasteiger partial charge >= 0.3 is 0 Å². The molecule has 4 nitrogen and oxygen atoms in total. The largest absolute Gasteiger partial charge is 0.299 e. The van der Waals surface area contributed by atoms with E-state index in [-0.39, 0.29) is 28.4 Å². The van der Waals surface area contributed by atoms with Gasteiger partial charge in [-0.25, -0.2) is 0 Å². The van der Waals surface area contributed by atoms with Crippen molar-refractivity contribution in [2.24, 2.45) is 23.7 Å². The van der Waals surface area contributed by atoms with Gasteiger partial charge < -0.3 is 0 Å². The first-order valence-corrected chi connectivity index (χ1v) is 8.66. The summed E-state index contributed by atoms with van der Waals surface area (Å²) in [6.45, 7) is 0. The number of halogens is 1.